The first-order chi connectivity index (χ1) is 25.1. The third-order valence-electron chi connectivity index (χ3n) is 12.0. The monoisotopic (exact) mass is 648 g/mol. The summed E-state index contributed by atoms with van der Waals surface area (Å²) in [6.45, 7) is 4.87. The van der Waals surface area contributed by atoms with Crippen LogP contribution in [-0.2, 0) is 5.41 Å². The van der Waals surface area contributed by atoms with E-state index in [2.05, 4.69) is 181 Å². The lowest BCUT2D eigenvalue weighted by molar-refractivity contribution is 0.664. The summed E-state index contributed by atoms with van der Waals surface area (Å²) in [4.78, 5) is 0. The van der Waals surface area contributed by atoms with Crippen molar-refractivity contribution in [3.05, 3.63) is 169 Å². The molecule has 2 aliphatic carbocycles. The standard InChI is InChI=1S/C49H32N2/c1-49(2)38-24-11-8-19-34(38)43-44-36-20-9-12-25-39(36)50(29-15-4-3-5-16-29)47(44)45-37-21-10-13-26-40(37)51(48(45)46(43)49)41-28-27-33-31-18-7-6-17-30(31)32-22-14-23-35(41)42(32)33/h3-28H,1-2H3. The van der Waals surface area contributed by atoms with E-state index in [1.54, 1.807) is 0 Å². The van der Waals surface area contributed by atoms with E-state index in [0.29, 0.717) is 0 Å². The Bertz CT molecular complexity index is 3120. The zero-order chi connectivity index (χ0) is 33.6. The summed E-state index contributed by atoms with van der Waals surface area (Å²) >= 11 is 0. The summed E-state index contributed by atoms with van der Waals surface area (Å²) in [7, 11) is 0. The molecule has 0 saturated heterocycles. The molecule has 0 N–H and O–H groups in total. The second kappa shape index (κ2) is 9.44. The van der Waals surface area contributed by atoms with Crippen LogP contribution < -0.4 is 0 Å². The highest BCUT2D eigenvalue weighted by Gasteiger charge is 2.41. The Morgan fingerprint density at radius 2 is 0.961 bits per heavy atom. The highest BCUT2D eigenvalue weighted by molar-refractivity contribution is 6.32. The highest BCUT2D eigenvalue weighted by Crippen LogP contribution is 2.58. The number of hydrogen-bond donors (Lipinski definition) is 0. The molecule has 10 aromatic rings. The fourth-order valence-electron chi connectivity index (χ4n) is 10.0. The van der Waals surface area contributed by atoms with Gasteiger partial charge < -0.3 is 9.13 Å². The average Bonchev–Trinajstić information content (AvgIpc) is 3.87. The van der Waals surface area contributed by atoms with Gasteiger partial charge in [-0.25, -0.2) is 0 Å². The number of para-hydroxylation sites is 3. The summed E-state index contributed by atoms with van der Waals surface area (Å²) in [5.74, 6) is 0. The van der Waals surface area contributed by atoms with E-state index < -0.39 is 0 Å². The molecule has 2 nitrogen and oxygen atoms in total. The van der Waals surface area contributed by atoms with Crippen LogP contribution in [0.4, 0.5) is 0 Å². The predicted molar refractivity (Wildman–Crippen MR) is 215 cm³/mol. The molecule has 0 amide bonds. The molecule has 12 rings (SSSR count). The quantitative estimate of drug-likeness (QED) is 0.177. The Labute approximate surface area is 295 Å². The van der Waals surface area contributed by atoms with E-state index in [4.69, 9.17) is 0 Å². The van der Waals surface area contributed by atoms with Crippen molar-refractivity contribution in [2.75, 3.05) is 0 Å². The van der Waals surface area contributed by atoms with Crippen molar-refractivity contribution < 1.29 is 0 Å². The van der Waals surface area contributed by atoms with E-state index >= 15 is 0 Å². The van der Waals surface area contributed by atoms with Crippen molar-refractivity contribution in [2.45, 2.75) is 19.3 Å². The maximum absolute atomic E-state index is 2.62. The summed E-state index contributed by atoms with van der Waals surface area (Å²) in [6, 6.07) is 58.7. The number of hydrogen-bond acceptors (Lipinski definition) is 0. The minimum absolute atomic E-state index is 0.231. The molecular formula is C49H32N2. The topological polar surface area (TPSA) is 9.86 Å². The lowest BCUT2D eigenvalue weighted by Crippen LogP contribution is -2.16. The molecule has 2 heterocycles. The van der Waals surface area contributed by atoms with E-state index in [0.717, 1.165) is 0 Å². The van der Waals surface area contributed by atoms with Crippen molar-refractivity contribution in [1.29, 1.82) is 0 Å². The minimum atomic E-state index is -0.231. The molecule has 2 heteroatoms. The van der Waals surface area contributed by atoms with Crippen LogP contribution in [-0.4, -0.2) is 9.13 Å². The van der Waals surface area contributed by atoms with E-state index in [9.17, 15) is 0 Å². The largest absolute Gasteiger partial charge is 0.309 e. The molecule has 0 fully saturated rings. The first-order valence-corrected chi connectivity index (χ1v) is 18.0. The Hall–Kier alpha value is -6.38. The third-order valence-corrected chi connectivity index (χ3v) is 12.0. The summed E-state index contributed by atoms with van der Waals surface area (Å²) in [5, 5.41) is 7.86. The minimum Gasteiger partial charge on any atom is -0.309 e. The van der Waals surface area contributed by atoms with Gasteiger partial charge in [-0.05, 0) is 80.2 Å². The van der Waals surface area contributed by atoms with Crippen molar-refractivity contribution in [2.24, 2.45) is 0 Å². The van der Waals surface area contributed by atoms with E-state index in [-0.39, 0.29) is 5.41 Å². The fraction of sp³-hybridized carbons (Fsp3) is 0.0612. The smallest absolute Gasteiger partial charge is 0.0647 e. The van der Waals surface area contributed by atoms with Gasteiger partial charge in [0.05, 0.1) is 27.8 Å². The van der Waals surface area contributed by atoms with Gasteiger partial charge in [-0.3, -0.25) is 0 Å². The third kappa shape index (κ3) is 3.24. The van der Waals surface area contributed by atoms with E-state index in [1.165, 1.54) is 110 Å². The molecule has 0 unspecified atom stereocenters. The van der Waals surface area contributed by atoms with Crippen LogP contribution in [0.1, 0.15) is 25.0 Å². The maximum atomic E-state index is 2.62. The number of nitrogens with zero attached hydrogens (tertiary/aromatic N) is 2. The van der Waals surface area contributed by atoms with E-state index in [1.807, 2.05) is 0 Å². The van der Waals surface area contributed by atoms with Gasteiger partial charge in [-0.1, -0.05) is 141 Å². The average molecular weight is 649 g/mol. The van der Waals surface area contributed by atoms with Crippen molar-refractivity contribution >= 4 is 54.4 Å². The molecule has 238 valence electrons. The van der Waals surface area contributed by atoms with Gasteiger partial charge >= 0.3 is 0 Å². The molecule has 8 aromatic carbocycles. The summed E-state index contributed by atoms with van der Waals surface area (Å²) < 4.78 is 5.15. The Kier molecular flexibility index (Phi) is 5.08. The summed E-state index contributed by atoms with van der Waals surface area (Å²) in [5.41, 5.74) is 18.0. The first kappa shape index (κ1) is 27.4. The predicted octanol–water partition coefficient (Wildman–Crippen LogP) is 13.0. The van der Waals surface area contributed by atoms with Gasteiger partial charge in [0.25, 0.3) is 0 Å². The molecular weight excluding hydrogens is 617 g/mol. The van der Waals surface area contributed by atoms with Gasteiger partial charge in [0.1, 0.15) is 0 Å². The molecule has 0 spiro atoms. The van der Waals surface area contributed by atoms with Crippen LogP contribution >= 0.6 is 0 Å². The molecule has 0 saturated carbocycles. The van der Waals surface area contributed by atoms with Crippen LogP contribution in [0.3, 0.4) is 0 Å². The fourth-order valence-corrected chi connectivity index (χ4v) is 10.0. The van der Waals surface area contributed by atoms with Crippen LogP contribution in [0.2, 0.25) is 0 Å². The Balaban J connectivity index is 1.37. The van der Waals surface area contributed by atoms with Crippen LogP contribution in [0.15, 0.2) is 158 Å². The molecule has 0 atom stereocenters. The number of aromatic nitrogens is 2. The molecule has 2 aromatic heterocycles. The number of fused-ring (bicyclic) bond motifs is 15. The number of benzene rings is 8. The molecule has 51 heavy (non-hydrogen) atoms. The highest BCUT2D eigenvalue weighted by atomic mass is 15.0. The van der Waals surface area contributed by atoms with Gasteiger partial charge in [-0.15, -0.1) is 0 Å². The maximum Gasteiger partial charge on any atom is 0.0647 e. The second-order valence-corrected chi connectivity index (χ2v) is 14.8. The van der Waals surface area contributed by atoms with Crippen molar-refractivity contribution in [3.8, 4) is 44.8 Å². The van der Waals surface area contributed by atoms with Crippen molar-refractivity contribution in [3.63, 3.8) is 0 Å². The Morgan fingerprint density at radius 1 is 0.392 bits per heavy atom. The Morgan fingerprint density at radius 3 is 1.73 bits per heavy atom. The molecule has 0 aliphatic heterocycles. The zero-order valence-electron chi connectivity index (χ0n) is 28.4. The second-order valence-electron chi connectivity index (χ2n) is 14.8. The molecule has 0 bridgehead atoms. The van der Waals surface area contributed by atoms with Gasteiger partial charge in [-0.2, -0.15) is 0 Å². The summed E-state index contributed by atoms with van der Waals surface area (Å²) in [6.07, 6.45) is 0. The molecule has 2 aliphatic rings. The van der Waals surface area contributed by atoms with Crippen LogP contribution in [0, 0.1) is 0 Å². The van der Waals surface area contributed by atoms with Gasteiger partial charge in [0.15, 0.2) is 0 Å². The SMILES string of the molecule is CC1(C)c2ccccc2-c2c1c1c(c3ccccc3n1-c1ccc3c4c(cccc14)-c1ccccc1-3)c1c2c2ccccc2n1-c1ccccc1. The first-order valence-electron chi connectivity index (χ1n) is 18.0. The number of rotatable bonds is 2. The zero-order valence-corrected chi connectivity index (χ0v) is 28.4. The molecule has 0 radical (unpaired) electrons. The van der Waals surface area contributed by atoms with Crippen molar-refractivity contribution in [1.82, 2.24) is 9.13 Å². The van der Waals surface area contributed by atoms with Crippen LogP contribution in [0.5, 0.6) is 0 Å². The lowest BCUT2D eigenvalue weighted by Gasteiger charge is -2.24. The lowest BCUT2D eigenvalue weighted by atomic mass is 9.81. The normalized spacial score (nSPS) is 13.8. The van der Waals surface area contributed by atoms with Gasteiger partial charge in [0.2, 0.25) is 0 Å². The van der Waals surface area contributed by atoms with Crippen LogP contribution in [0.25, 0.3) is 99.1 Å². The van der Waals surface area contributed by atoms with Gasteiger partial charge in [0, 0.05) is 38.0 Å².